The molecule has 0 heterocycles. The molecule has 4 aromatic carbocycles. The number of rotatable bonds is 6. The third kappa shape index (κ3) is 5.77. The molecule has 0 unspecified atom stereocenters. The maximum absolute atomic E-state index is 13.4. The molecule has 7 heteroatoms. The molecular formula is C29H24N2O5. The molecule has 2 N–H and O–H groups in total. The van der Waals surface area contributed by atoms with Gasteiger partial charge in [0.05, 0.1) is 0 Å². The highest BCUT2D eigenvalue weighted by molar-refractivity contribution is 6.14. The predicted octanol–water partition coefficient (Wildman–Crippen LogP) is 5.92. The molecule has 0 saturated carbocycles. The highest BCUT2D eigenvalue weighted by atomic mass is 16.6. The van der Waals surface area contributed by atoms with Crippen molar-refractivity contribution in [2.45, 2.75) is 0 Å². The van der Waals surface area contributed by atoms with Crippen LogP contribution < -0.4 is 10.1 Å². The number of hydrogen-bond donors (Lipinski definition) is 2. The van der Waals surface area contributed by atoms with Crippen molar-refractivity contribution >= 4 is 40.5 Å². The Morgan fingerprint density at radius 3 is 2.42 bits per heavy atom. The van der Waals surface area contributed by atoms with Crippen LogP contribution in [0, 0.1) is 0 Å². The second-order valence-corrected chi connectivity index (χ2v) is 8.29. The van der Waals surface area contributed by atoms with Gasteiger partial charge in [0.1, 0.15) is 5.75 Å². The average Bonchev–Trinajstić information content (AvgIpc) is 2.87. The monoisotopic (exact) mass is 480 g/mol. The molecule has 0 aliphatic rings. The van der Waals surface area contributed by atoms with E-state index >= 15 is 0 Å². The van der Waals surface area contributed by atoms with Gasteiger partial charge in [0.15, 0.2) is 0 Å². The Hall–Kier alpha value is -4.91. The molecule has 0 atom stereocenters. The van der Waals surface area contributed by atoms with E-state index in [2.05, 4.69) is 5.32 Å². The van der Waals surface area contributed by atoms with Crippen molar-refractivity contribution in [2.75, 3.05) is 19.4 Å². The van der Waals surface area contributed by atoms with Gasteiger partial charge in [0, 0.05) is 31.4 Å². The molecule has 36 heavy (non-hydrogen) atoms. The summed E-state index contributed by atoms with van der Waals surface area (Å²) in [5.41, 5.74) is 3.25. The summed E-state index contributed by atoms with van der Waals surface area (Å²) in [7, 11) is 3.22. The molecule has 4 rings (SSSR count). The summed E-state index contributed by atoms with van der Waals surface area (Å²) in [4.78, 5) is 37.5. The lowest BCUT2D eigenvalue weighted by Gasteiger charge is -2.13. The molecule has 0 aliphatic carbocycles. The SMILES string of the molecule is CN(C)C(=O)Oc1cccc(-c2cc(C(=O)Nc3cccc(/C=C/C(=O)O)c3)c3ccccc3c2)c1. The Morgan fingerprint density at radius 1 is 0.861 bits per heavy atom. The standard InChI is InChI=1S/C29H24N2O5/c1-31(2)29(35)36-24-11-6-9-20(17-24)22-16-21-8-3-4-12-25(21)26(18-22)28(34)30-23-10-5-7-19(15-23)13-14-27(32)33/h3-18H,1-2H3,(H,30,34)(H,32,33)/b14-13+. The van der Waals surface area contributed by atoms with E-state index in [1.807, 2.05) is 36.4 Å². The van der Waals surface area contributed by atoms with Crippen LogP contribution in [-0.2, 0) is 4.79 Å². The zero-order valence-electron chi connectivity index (χ0n) is 19.8. The molecule has 7 nitrogen and oxygen atoms in total. The largest absolute Gasteiger partial charge is 0.478 e. The molecule has 180 valence electrons. The third-order valence-electron chi connectivity index (χ3n) is 5.41. The Labute approximate surface area is 208 Å². The molecule has 4 aromatic rings. The number of carbonyl (C=O) groups is 3. The number of anilines is 1. The highest BCUT2D eigenvalue weighted by Crippen LogP contribution is 2.30. The van der Waals surface area contributed by atoms with Crippen molar-refractivity contribution in [3.8, 4) is 16.9 Å². The number of amides is 2. The van der Waals surface area contributed by atoms with E-state index in [1.165, 1.54) is 11.0 Å². The van der Waals surface area contributed by atoms with E-state index < -0.39 is 12.1 Å². The first-order chi connectivity index (χ1) is 17.3. The second kappa shape index (κ2) is 10.6. The van der Waals surface area contributed by atoms with Crippen molar-refractivity contribution in [2.24, 2.45) is 0 Å². The summed E-state index contributed by atoms with van der Waals surface area (Å²) in [6, 6.07) is 25.4. The summed E-state index contributed by atoms with van der Waals surface area (Å²) < 4.78 is 5.39. The number of nitrogens with zero attached hydrogens (tertiary/aromatic N) is 1. The van der Waals surface area contributed by atoms with E-state index in [1.54, 1.807) is 62.6 Å². The second-order valence-electron chi connectivity index (χ2n) is 8.29. The Balaban J connectivity index is 1.69. The molecule has 0 bridgehead atoms. The maximum atomic E-state index is 13.4. The first-order valence-electron chi connectivity index (χ1n) is 11.1. The molecule has 0 aromatic heterocycles. The topological polar surface area (TPSA) is 95.9 Å². The van der Waals surface area contributed by atoms with Crippen molar-refractivity contribution in [1.82, 2.24) is 4.90 Å². The minimum Gasteiger partial charge on any atom is -0.478 e. The van der Waals surface area contributed by atoms with Crippen LogP contribution in [0.3, 0.4) is 0 Å². The van der Waals surface area contributed by atoms with Gasteiger partial charge in [-0.3, -0.25) is 4.79 Å². The zero-order valence-corrected chi connectivity index (χ0v) is 19.8. The van der Waals surface area contributed by atoms with Crippen LogP contribution in [-0.4, -0.2) is 42.1 Å². The predicted molar refractivity (Wildman–Crippen MR) is 140 cm³/mol. The van der Waals surface area contributed by atoms with Gasteiger partial charge in [-0.2, -0.15) is 0 Å². The number of carboxylic acids is 1. The quantitative estimate of drug-likeness (QED) is 0.334. The lowest BCUT2D eigenvalue weighted by atomic mass is 9.96. The van der Waals surface area contributed by atoms with Gasteiger partial charge < -0.3 is 20.1 Å². The van der Waals surface area contributed by atoms with Crippen LogP contribution in [0.5, 0.6) is 5.75 Å². The number of carboxylic acid groups (broad SMARTS) is 1. The van der Waals surface area contributed by atoms with Gasteiger partial charge in [0.2, 0.25) is 0 Å². The molecule has 0 saturated heterocycles. The van der Waals surface area contributed by atoms with Crippen molar-refractivity contribution in [1.29, 1.82) is 0 Å². The molecule has 0 aliphatic heterocycles. The molecule has 0 radical (unpaired) electrons. The lowest BCUT2D eigenvalue weighted by molar-refractivity contribution is -0.131. The van der Waals surface area contributed by atoms with E-state index in [0.717, 1.165) is 28.0 Å². The van der Waals surface area contributed by atoms with Crippen LogP contribution in [0.1, 0.15) is 15.9 Å². The summed E-state index contributed by atoms with van der Waals surface area (Å²) >= 11 is 0. The zero-order chi connectivity index (χ0) is 25.7. The molecule has 2 amide bonds. The molecular weight excluding hydrogens is 456 g/mol. The fourth-order valence-corrected chi connectivity index (χ4v) is 3.68. The van der Waals surface area contributed by atoms with Crippen molar-refractivity contribution in [3.05, 3.63) is 102 Å². The Bertz CT molecular complexity index is 1490. The fraction of sp³-hybridized carbons (Fsp3) is 0.0690. The first-order valence-corrected chi connectivity index (χ1v) is 11.1. The summed E-state index contributed by atoms with van der Waals surface area (Å²) in [6.45, 7) is 0. The summed E-state index contributed by atoms with van der Waals surface area (Å²) in [6.07, 6.45) is 2.03. The normalized spacial score (nSPS) is 10.8. The smallest absolute Gasteiger partial charge is 0.414 e. The third-order valence-corrected chi connectivity index (χ3v) is 5.41. The number of benzene rings is 4. The van der Waals surface area contributed by atoms with E-state index in [-0.39, 0.29) is 5.91 Å². The van der Waals surface area contributed by atoms with Crippen molar-refractivity contribution in [3.63, 3.8) is 0 Å². The van der Waals surface area contributed by atoms with Crippen LogP contribution in [0.25, 0.3) is 28.0 Å². The van der Waals surface area contributed by atoms with E-state index in [9.17, 15) is 14.4 Å². The van der Waals surface area contributed by atoms with Gasteiger partial charge >= 0.3 is 12.1 Å². The minimum atomic E-state index is -1.05. The van der Waals surface area contributed by atoms with Gasteiger partial charge in [-0.15, -0.1) is 0 Å². The Morgan fingerprint density at radius 2 is 1.64 bits per heavy atom. The molecule has 0 spiro atoms. The van der Waals surface area contributed by atoms with Crippen LogP contribution in [0.2, 0.25) is 0 Å². The first kappa shape index (κ1) is 24.2. The fourth-order valence-electron chi connectivity index (χ4n) is 3.68. The van der Waals surface area contributed by atoms with Gasteiger partial charge in [0.25, 0.3) is 5.91 Å². The number of carbonyl (C=O) groups excluding carboxylic acids is 2. The van der Waals surface area contributed by atoms with E-state index in [4.69, 9.17) is 9.84 Å². The number of fused-ring (bicyclic) bond motifs is 1. The van der Waals surface area contributed by atoms with Crippen LogP contribution in [0.4, 0.5) is 10.5 Å². The minimum absolute atomic E-state index is 0.303. The summed E-state index contributed by atoms with van der Waals surface area (Å²) in [5.74, 6) is -0.951. The van der Waals surface area contributed by atoms with Gasteiger partial charge in [-0.05, 0) is 69.9 Å². The van der Waals surface area contributed by atoms with Gasteiger partial charge in [-0.1, -0.05) is 48.5 Å². The Kier molecular flexibility index (Phi) is 7.11. The number of hydrogen-bond acceptors (Lipinski definition) is 4. The highest BCUT2D eigenvalue weighted by Gasteiger charge is 2.14. The van der Waals surface area contributed by atoms with Gasteiger partial charge in [-0.25, -0.2) is 9.59 Å². The number of nitrogens with one attached hydrogen (secondary N) is 1. The average molecular weight is 481 g/mol. The lowest BCUT2D eigenvalue weighted by Crippen LogP contribution is -2.25. The van der Waals surface area contributed by atoms with Crippen LogP contribution >= 0.6 is 0 Å². The maximum Gasteiger partial charge on any atom is 0.414 e. The number of aliphatic carboxylic acids is 1. The number of ether oxygens (including phenoxy) is 1. The van der Waals surface area contributed by atoms with Crippen molar-refractivity contribution < 1.29 is 24.2 Å². The van der Waals surface area contributed by atoms with E-state index in [0.29, 0.717) is 22.6 Å². The molecule has 0 fully saturated rings. The van der Waals surface area contributed by atoms with Crippen LogP contribution in [0.15, 0.2) is 91.0 Å². The summed E-state index contributed by atoms with van der Waals surface area (Å²) in [5, 5.41) is 13.4.